The maximum Gasteiger partial charge on any atom is 0.460 e. The Morgan fingerprint density at radius 2 is 0.690 bits per heavy atom. The van der Waals surface area contributed by atoms with Gasteiger partial charge in [0, 0.05) is 0 Å². The van der Waals surface area contributed by atoms with Crippen LogP contribution in [0.25, 0.3) is 0 Å². The standard InChI is InChI=1S/C8HF17O3S/c9-2(10,3(11,12)8(23,24)25)4(13,29(26,27)28)1(5(14,15)16,6(17,18)19)7(20,21)22/h(H,26,27,28)/p-1. The van der Waals surface area contributed by atoms with Crippen molar-refractivity contribution in [2.45, 2.75) is 41.6 Å². The van der Waals surface area contributed by atoms with Crippen LogP contribution in [-0.2, 0) is 10.1 Å². The summed E-state index contributed by atoms with van der Waals surface area (Å²) in [5.74, 6) is -17.8. The molecule has 0 aromatic carbocycles. The quantitative estimate of drug-likeness (QED) is 0.417. The summed E-state index contributed by atoms with van der Waals surface area (Å²) in [4.78, 5) is 0. The predicted octanol–water partition coefficient (Wildman–Crippen LogP) is 4.70. The monoisotopic (exact) mass is 499 g/mol. The Hall–Kier alpha value is -1.28. The molecule has 0 fully saturated rings. The highest BCUT2D eigenvalue weighted by Gasteiger charge is 3.01. The summed E-state index contributed by atoms with van der Waals surface area (Å²) < 4.78 is 248. The van der Waals surface area contributed by atoms with Crippen LogP contribution in [0.2, 0.25) is 0 Å². The first-order valence-electron chi connectivity index (χ1n) is 5.67. The van der Waals surface area contributed by atoms with Crippen molar-refractivity contribution >= 4 is 10.1 Å². The second kappa shape index (κ2) is 6.36. The molecule has 0 aliphatic carbocycles. The van der Waals surface area contributed by atoms with Gasteiger partial charge in [-0.1, -0.05) is 0 Å². The predicted molar refractivity (Wildman–Crippen MR) is 50.1 cm³/mol. The lowest BCUT2D eigenvalue weighted by Crippen LogP contribution is -2.80. The molecule has 0 bridgehead atoms. The lowest BCUT2D eigenvalue weighted by atomic mass is 9.75. The maximum atomic E-state index is 14.1. The van der Waals surface area contributed by atoms with Gasteiger partial charge < -0.3 is 4.55 Å². The van der Waals surface area contributed by atoms with Crippen LogP contribution in [0.3, 0.4) is 0 Å². The molecule has 1 atom stereocenters. The van der Waals surface area contributed by atoms with E-state index in [4.69, 9.17) is 0 Å². The van der Waals surface area contributed by atoms with Crippen molar-refractivity contribution in [2.75, 3.05) is 0 Å². The van der Waals surface area contributed by atoms with Crippen molar-refractivity contribution in [3.05, 3.63) is 0 Å². The first kappa shape index (κ1) is 27.7. The third-order valence-electron chi connectivity index (χ3n) is 3.26. The second-order valence-electron chi connectivity index (χ2n) is 4.94. The van der Waals surface area contributed by atoms with E-state index in [1.165, 1.54) is 0 Å². The van der Waals surface area contributed by atoms with E-state index in [1.807, 2.05) is 0 Å². The van der Waals surface area contributed by atoms with Crippen molar-refractivity contribution in [3.8, 4) is 0 Å². The zero-order valence-corrected chi connectivity index (χ0v) is 12.9. The van der Waals surface area contributed by atoms with Gasteiger partial charge in [-0.2, -0.15) is 70.2 Å². The first-order chi connectivity index (χ1) is 12.0. The number of hydrogen-bond donors (Lipinski definition) is 0. The van der Waals surface area contributed by atoms with Crippen molar-refractivity contribution in [3.63, 3.8) is 0 Å². The molecular formula is C8F17O3S-. The minimum atomic E-state index is -9.28. The van der Waals surface area contributed by atoms with Gasteiger partial charge in [0.2, 0.25) is 0 Å². The van der Waals surface area contributed by atoms with Crippen LogP contribution >= 0.6 is 0 Å². The Labute approximate surface area is 146 Å². The van der Waals surface area contributed by atoms with Crippen LogP contribution < -0.4 is 0 Å². The molecule has 0 spiro atoms. The molecule has 21 heteroatoms. The van der Waals surface area contributed by atoms with Crippen LogP contribution in [0.5, 0.6) is 0 Å². The lowest BCUT2D eigenvalue weighted by molar-refractivity contribution is -0.480. The minimum absolute atomic E-state index is 8.13. The summed E-state index contributed by atoms with van der Waals surface area (Å²) in [7, 11) is -9.28. The van der Waals surface area contributed by atoms with Gasteiger partial charge in [-0.05, 0) is 0 Å². The SMILES string of the molecule is O=S(=O)([O-])C(F)(C(F)(F)C(F)(F)C(F)(F)F)C(C(F)(F)F)(C(F)(F)F)C(F)(F)F. The minimum Gasteiger partial charge on any atom is -0.745 e. The normalized spacial score (nSPS) is 18.6. The zero-order valence-electron chi connectivity index (χ0n) is 12.1. The highest BCUT2D eigenvalue weighted by Crippen LogP contribution is 2.72. The fourth-order valence-corrected chi connectivity index (χ4v) is 3.15. The summed E-state index contributed by atoms with van der Waals surface area (Å²) in [6, 6.07) is 0. The molecule has 0 saturated carbocycles. The van der Waals surface area contributed by atoms with Crippen molar-refractivity contribution in [2.24, 2.45) is 5.41 Å². The highest BCUT2D eigenvalue weighted by molar-refractivity contribution is 7.87. The molecule has 29 heavy (non-hydrogen) atoms. The number of halogens is 17. The van der Waals surface area contributed by atoms with E-state index in [0.29, 0.717) is 0 Å². The molecule has 176 valence electrons. The second-order valence-corrected chi connectivity index (χ2v) is 6.41. The van der Waals surface area contributed by atoms with Crippen LogP contribution in [0.4, 0.5) is 74.6 Å². The average molecular weight is 499 g/mol. The van der Waals surface area contributed by atoms with Gasteiger partial charge in [0.15, 0.2) is 0 Å². The van der Waals surface area contributed by atoms with Gasteiger partial charge in [0.25, 0.3) is 5.00 Å². The number of alkyl halides is 17. The van der Waals surface area contributed by atoms with E-state index in [1.54, 1.807) is 0 Å². The molecule has 0 aromatic rings. The van der Waals surface area contributed by atoms with E-state index in [2.05, 4.69) is 0 Å². The van der Waals surface area contributed by atoms with Crippen LogP contribution in [0.1, 0.15) is 0 Å². The summed E-state index contributed by atoms with van der Waals surface area (Å²) in [5, 5.41) is -9.22. The Morgan fingerprint density at radius 1 is 0.448 bits per heavy atom. The van der Waals surface area contributed by atoms with Crippen molar-refractivity contribution < 1.29 is 87.6 Å². The molecule has 0 aliphatic rings. The molecule has 0 amide bonds. The van der Waals surface area contributed by atoms with Gasteiger partial charge in [0.05, 0.1) is 0 Å². The van der Waals surface area contributed by atoms with Crippen molar-refractivity contribution in [1.82, 2.24) is 0 Å². The topological polar surface area (TPSA) is 57.2 Å². The summed E-state index contributed by atoms with van der Waals surface area (Å²) in [5.41, 5.74) is -9.24. The summed E-state index contributed by atoms with van der Waals surface area (Å²) in [6.45, 7) is 0. The Balaban J connectivity index is 8.16. The Kier molecular flexibility index (Phi) is 6.08. The fraction of sp³-hybridized carbons (Fsp3) is 1.00. The Bertz CT molecular complexity index is 686. The molecular weight excluding hydrogens is 499 g/mol. The van der Waals surface area contributed by atoms with E-state index in [-0.39, 0.29) is 0 Å². The van der Waals surface area contributed by atoms with Crippen molar-refractivity contribution in [1.29, 1.82) is 0 Å². The molecule has 0 heterocycles. The molecule has 3 nitrogen and oxygen atoms in total. The molecule has 0 N–H and O–H groups in total. The smallest absolute Gasteiger partial charge is 0.460 e. The third-order valence-corrected chi connectivity index (χ3v) is 4.51. The summed E-state index contributed by atoms with van der Waals surface area (Å²) >= 11 is 0. The molecule has 0 radical (unpaired) electrons. The van der Waals surface area contributed by atoms with E-state index in [9.17, 15) is 87.6 Å². The molecule has 0 rings (SSSR count). The molecule has 1 unspecified atom stereocenters. The van der Waals surface area contributed by atoms with Gasteiger partial charge in [0.1, 0.15) is 10.1 Å². The van der Waals surface area contributed by atoms with Crippen LogP contribution in [-0.4, -0.2) is 54.5 Å². The first-order valence-corrected chi connectivity index (χ1v) is 7.08. The van der Waals surface area contributed by atoms with Gasteiger partial charge >= 0.3 is 42.0 Å². The van der Waals surface area contributed by atoms with Crippen LogP contribution in [0.15, 0.2) is 0 Å². The molecule has 0 aliphatic heterocycles. The largest absolute Gasteiger partial charge is 0.745 e. The van der Waals surface area contributed by atoms with E-state index >= 15 is 0 Å². The maximum absolute atomic E-state index is 14.1. The lowest BCUT2D eigenvalue weighted by Gasteiger charge is -2.51. The third kappa shape index (κ3) is 3.26. The zero-order chi connectivity index (χ0) is 24.5. The molecule has 0 saturated heterocycles. The fourth-order valence-electron chi connectivity index (χ4n) is 1.99. The van der Waals surface area contributed by atoms with E-state index in [0.717, 1.165) is 0 Å². The van der Waals surface area contributed by atoms with E-state index < -0.39 is 57.1 Å². The Morgan fingerprint density at radius 3 is 0.828 bits per heavy atom. The number of hydrogen-bond acceptors (Lipinski definition) is 3. The summed E-state index contributed by atoms with van der Waals surface area (Å²) in [6.07, 6.45) is -34.4. The number of rotatable bonds is 4. The molecule has 0 aromatic heterocycles. The average Bonchev–Trinajstić information content (AvgIpc) is 2.29. The van der Waals surface area contributed by atoms with Gasteiger partial charge in [-0.3, -0.25) is 0 Å². The highest BCUT2D eigenvalue weighted by atomic mass is 32.2. The van der Waals surface area contributed by atoms with Crippen LogP contribution in [0, 0.1) is 5.41 Å². The van der Waals surface area contributed by atoms with Gasteiger partial charge in [-0.25, -0.2) is 12.8 Å². The van der Waals surface area contributed by atoms with Gasteiger partial charge in [-0.15, -0.1) is 0 Å².